The van der Waals surface area contributed by atoms with Crippen LogP contribution in [-0.4, -0.2) is 6.04 Å². The maximum atomic E-state index is 6.06. The molecular formula is C14H21N. The maximum Gasteiger partial charge on any atom is 0.0102 e. The molecule has 0 amide bonds. The van der Waals surface area contributed by atoms with Crippen molar-refractivity contribution in [1.82, 2.24) is 0 Å². The van der Waals surface area contributed by atoms with Gasteiger partial charge in [0.25, 0.3) is 0 Å². The predicted molar refractivity (Wildman–Crippen MR) is 65.0 cm³/mol. The molecule has 1 saturated carbocycles. The number of nitrogens with two attached hydrogens (primary N) is 1. The summed E-state index contributed by atoms with van der Waals surface area (Å²) < 4.78 is 0. The first-order valence-corrected chi connectivity index (χ1v) is 5.75. The molecule has 1 aliphatic rings. The first kappa shape index (κ1) is 10.7. The molecule has 1 aromatic carbocycles. The summed E-state index contributed by atoms with van der Waals surface area (Å²) in [4.78, 5) is 0. The summed E-state index contributed by atoms with van der Waals surface area (Å²) in [5, 5.41) is 0. The van der Waals surface area contributed by atoms with Crippen molar-refractivity contribution in [3.05, 3.63) is 34.9 Å². The highest BCUT2D eigenvalue weighted by molar-refractivity contribution is 5.34. The van der Waals surface area contributed by atoms with Gasteiger partial charge in [-0.05, 0) is 37.2 Å². The third kappa shape index (κ3) is 1.69. The van der Waals surface area contributed by atoms with Crippen LogP contribution in [0.1, 0.15) is 42.9 Å². The van der Waals surface area contributed by atoms with E-state index in [1.165, 1.54) is 16.7 Å². The van der Waals surface area contributed by atoms with Crippen molar-refractivity contribution in [2.75, 3.05) is 0 Å². The Balaban J connectivity index is 2.32. The summed E-state index contributed by atoms with van der Waals surface area (Å²) in [6.45, 7) is 8.90. The molecule has 0 radical (unpaired) electrons. The van der Waals surface area contributed by atoms with Crippen molar-refractivity contribution >= 4 is 0 Å². The second kappa shape index (κ2) is 3.34. The number of hydrogen-bond acceptors (Lipinski definition) is 1. The minimum atomic E-state index is 0.264. The molecule has 1 aliphatic carbocycles. The van der Waals surface area contributed by atoms with E-state index < -0.39 is 0 Å². The largest absolute Gasteiger partial charge is 0.327 e. The average Bonchev–Trinajstić information content (AvgIpc) is 2.12. The Morgan fingerprint density at radius 3 is 2.07 bits per heavy atom. The fourth-order valence-electron chi connectivity index (χ4n) is 2.74. The Bertz CT molecular complexity index is 359. The summed E-state index contributed by atoms with van der Waals surface area (Å²) in [7, 11) is 0. The van der Waals surface area contributed by atoms with Gasteiger partial charge in [0.05, 0.1) is 0 Å². The van der Waals surface area contributed by atoms with Crippen LogP contribution in [0.3, 0.4) is 0 Å². The molecule has 1 fully saturated rings. The monoisotopic (exact) mass is 203 g/mol. The Kier molecular flexibility index (Phi) is 2.38. The van der Waals surface area contributed by atoms with Gasteiger partial charge in [0, 0.05) is 6.04 Å². The Morgan fingerprint density at radius 2 is 1.67 bits per heavy atom. The number of aryl methyl sites for hydroxylation is 2. The highest BCUT2D eigenvalue weighted by Gasteiger charge is 2.46. The van der Waals surface area contributed by atoms with Crippen molar-refractivity contribution in [2.24, 2.45) is 11.1 Å². The minimum absolute atomic E-state index is 0.264. The van der Waals surface area contributed by atoms with Gasteiger partial charge in [-0.15, -0.1) is 0 Å². The lowest BCUT2D eigenvalue weighted by molar-refractivity contribution is 0.0983. The lowest BCUT2D eigenvalue weighted by Crippen LogP contribution is -2.52. The standard InChI is InChI=1S/C14H21N/c1-9-5-10(2)7-11(6-9)12-8-13(15)14(12,3)4/h5-7,12-13H,8,15H2,1-4H3. The number of benzene rings is 1. The molecule has 2 rings (SSSR count). The maximum absolute atomic E-state index is 6.06. The zero-order chi connectivity index (χ0) is 11.2. The molecular weight excluding hydrogens is 182 g/mol. The van der Waals surface area contributed by atoms with Gasteiger partial charge in [-0.1, -0.05) is 43.2 Å². The fraction of sp³-hybridized carbons (Fsp3) is 0.571. The van der Waals surface area contributed by atoms with E-state index in [1.807, 2.05) is 0 Å². The third-order valence-electron chi connectivity index (χ3n) is 3.99. The van der Waals surface area contributed by atoms with Crippen molar-refractivity contribution in [3.8, 4) is 0 Å². The zero-order valence-electron chi connectivity index (χ0n) is 10.2. The summed E-state index contributed by atoms with van der Waals surface area (Å²) in [5.41, 5.74) is 10.5. The van der Waals surface area contributed by atoms with Gasteiger partial charge >= 0.3 is 0 Å². The van der Waals surface area contributed by atoms with Gasteiger partial charge in [-0.3, -0.25) is 0 Å². The summed E-state index contributed by atoms with van der Waals surface area (Å²) in [6, 6.07) is 7.22. The van der Waals surface area contributed by atoms with E-state index in [2.05, 4.69) is 45.9 Å². The van der Waals surface area contributed by atoms with Gasteiger partial charge in [0.15, 0.2) is 0 Å². The molecule has 1 nitrogen and oxygen atoms in total. The van der Waals surface area contributed by atoms with Crippen LogP contribution in [0.5, 0.6) is 0 Å². The minimum Gasteiger partial charge on any atom is -0.327 e. The fourth-order valence-corrected chi connectivity index (χ4v) is 2.74. The van der Waals surface area contributed by atoms with Crippen LogP contribution >= 0.6 is 0 Å². The Hall–Kier alpha value is -0.820. The van der Waals surface area contributed by atoms with Crippen molar-refractivity contribution in [3.63, 3.8) is 0 Å². The summed E-state index contributed by atoms with van der Waals surface area (Å²) in [5.74, 6) is 0.645. The molecule has 0 bridgehead atoms. The summed E-state index contributed by atoms with van der Waals surface area (Å²) in [6.07, 6.45) is 1.13. The van der Waals surface area contributed by atoms with E-state index in [0.29, 0.717) is 12.0 Å². The lowest BCUT2D eigenvalue weighted by atomic mass is 9.56. The van der Waals surface area contributed by atoms with Crippen molar-refractivity contribution in [1.29, 1.82) is 0 Å². The van der Waals surface area contributed by atoms with Crippen LogP contribution in [0.4, 0.5) is 0 Å². The molecule has 15 heavy (non-hydrogen) atoms. The highest BCUT2D eigenvalue weighted by atomic mass is 14.8. The van der Waals surface area contributed by atoms with Gasteiger partial charge < -0.3 is 5.73 Å². The molecule has 0 heterocycles. The van der Waals surface area contributed by atoms with Crippen LogP contribution in [-0.2, 0) is 0 Å². The third-order valence-corrected chi connectivity index (χ3v) is 3.99. The highest BCUT2D eigenvalue weighted by Crippen LogP contribution is 2.51. The van der Waals surface area contributed by atoms with Crippen molar-refractivity contribution < 1.29 is 0 Å². The van der Waals surface area contributed by atoms with Crippen LogP contribution < -0.4 is 5.73 Å². The molecule has 82 valence electrons. The number of rotatable bonds is 1. The van der Waals surface area contributed by atoms with Crippen LogP contribution in [0.15, 0.2) is 18.2 Å². The molecule has 0 aliphatic heterocycles. The quantitative estimate of drug-likeness (QED) is 0.745. The first-order valence-electron chi connectivity index (χ1n) is 5.75. The molecule has 2 atom stereocenters. The van der Waals surface area contributed by atoms with Gasteiger partial charge in [0.1, 0.15) is 0 Å². The summed E-state index contributed by atoms with van der Waals surface area (Å²) >= 11 is 0. The van der Waals surface area contributed by atoms with Gasteiger partial charge in [-0.25, -0.2) is 0 Å². The van der Waals surface area contributed by atoms with Crippen LogP contribution in [0.2, 0.25) is 0 Å². The normalized spacial score (nSPS) is 28.6. The van der Waals surface area contributed by atoms with Crippen LogP contribution in [0, 0.1) is 19.3 Å². The Labute approximate surface area is 92.7 Å². The molecule has 0 saturated heterocycles. The molecule has 2 unspecified atom stereocenters. The van der Waals surface area contributed by atoms with E-state index in [9.17, 15) is 0 Å². The first-order chi connectivity index (χ1) is 6.91. The second-order valence-corrected chi connectivity index (χ2v) is 5.64. The van der Waals surface area contributed by atoms with Crippen LogP contribution in [0.25, 0.3) is 0 Å². The zero-order valence-corrected chi connectivity index (χ0v) is 10.2. The van der Waals surface area contributed by atoms with E-state index in [-0.39, 0.29) is 5.41 Å². The van der Waals surface area contributed by atoms with Gasteiger partial charge in [0.2, 0.25) is 0 Å². The molecule has 2 N–H and O–H groups in total. The van der Waals surface area contributed by atoms with E-state index in [4.69, 9.17) is 5.73 Å². The average molecular weight is 203 g/mol. The Morgan fingerprint density at radius 1 is 1.13 bits per heavy atom. The number of hydrogen-bond donors (Lipinski definition) is 1. The smallest absolute Gasteiger partial charge is 0.0102 e. The molecule has 0 aromatic heterocycles. The van der Waals surface area contributed by atoms with Gasteiger partial charge in [-0.2, -0.15) is 0 Å². The topological polar surface area (TPSA) is 26.0 Å². The molecule has 0 spiro atoms. The lowest BCUT2D eigenvalue weighted by Gasteiger charge is -2.51. The van der Waals surface area contributed by atoms with E-state index in [1.54, 1.807) is 0 Å². The van der Waals surface area contributed by atoms with Crippen molar-refractivity contribution in [2.45, 2.75) is 46.1 Å². The van der Waals surface area contributed by atoms with E-state index >= 15 is 0 Å². The second-order valence-electron chi connectivity index (χ2n) is 5.64. The predicted octanol–water partition coefficient (Wildman–Crippen LogP) is 3.14. The molecule has 1 heteroatoms. The van der Waals surface area contributed by atoms with E-state index in [0.717, 1.165) is 6.42 Å². The molecule has 1 aromatic rings. The SMILES string of the molecule is Cc1cc(C)cc(C2CC(N)C2(C)C)c1.